The molecule has 2 atom stereocenters. The van der Waals surface area contributed by atoms with E-state index < -0.39 is 18.2 Å². The van der Waals surface area contributed by atoms with Gasteiger partial charge in [-0.2, -0.15) is 0 Å². The molecule has 0 aromatic heterocycles. The molecule has 6 nitrogen and oxygen atoms in total. The van der Waals surface area contributed by atoms with E-state index in [9.17, 15) is 19.8 Å². The fourth-order valence-electron chi connectivity index (χ4n) is 4.89. The Morgan fingerprint density at radius 1 is 0.622 bits per heavy atom. The number of esters is 2. The molecule has 0 spiro atoms. The van der Waals surface area contributed by atoms with Crippen molar-refractivity contribution in [3.8, 4) is 0 Å². The normalized spacial score (nSPS) is 13.4. The summed E-state index contributed by atoms with van der Waals surface area (Å²) in [6.07, 6.45) is 39.1. The third-order valence-corrected chi connectivity index (χ3v) is 7.73. The molecule has 0 aliphatic rings. The molecule has 0 rings (SSSR count). The number of allylic oxidation sites excluding steroid dienone is 7. The van der Waals surface area contributed by atoms with Crippen LogP contribution < -0.4 is 0 Å². The zero-order chi connectivity index (χ0) is 33.1. The monoisotopic (exact) mass is 633 g/mol. The van der Waals surface area contributed by atoms with Crippen molar-refractivity contribution in [2.75, 3.05) is 13.2 Å². The van der Waals surface area contributed by atoms with Crippen molar-refractivity contribution in [3.05, 3.63) is 48.6 Å². The van der Waals surface area contributed by atoms with Crippen LogP contribution in [0.4, 0.5) is 0 Å². The summed E-state index contributed by atoms with van der Waals surface area (Å²) in [5, 5.41) is 19.6. The molecule has 260 valence electrons. The third-order valence-electron chi connectivity index (χ3n) is 7.73. The lowest BCUT2D eigenvalue weighted by molar-refractivity contribution is -0.161. The first-order chi connectivity index (χ1) is 22.0. The molecule has 0 saturated heterocycles. The minimum Gasteiger partial charge on any atom is -0.462 e. The summed E-state index contributed by atoms with van der Waals surface area (Å²) < 4.78 is 10.5. The highest BCUT2D eigenvalue weighted by molar-refractivity contribution is 5.70. The Kier molecular flexibility index (Phi) is 33.0. The summed E-state index contributed by atoms with van der Waals surface area (Å²) in [4.78, 5) is 24.2. The lowest BCUT2D eigenvalue weighted by Gasteiger charge is -2.16. The Morgan fingerprint density at radius 3 is 1.78 bits per heavy atom. The molecular weight excluding hydrogens is 564 g/mol. The highest BCUT2D eigenvalue weighted by atomic mass is 16.6. The first-order valence-corrected chi connectivity index (χ1v) is 18.3. The van der Waals surface area contributed by atoms with Crippen LogP contribution in [-0.2, 0) is 19.1 Å². The predicted octanol–water partition coefficient (Wildman–Crippen LogP) is 10.0. The van der Waals surface area contributed by atoms with Gasteiger partial charge in [-0.25, -0.2) is 0 Å². The number of rotatable bonds is 32. The summed E-state index contributed by atoms with van der Waals surface area (Å²) in [7, 11) is 0. The van der Waals surface area contributed by atoms with Crippen LogP contribution in [0, 0.1) is 0 Å². The van der Waals surface area contributed by atoms with E-state index in [1.54, 1.807) is 6.08 Å². The number of ether oxygens (including phenoxy) is 2. The molecule has 0 saturated carbocycles. The standard InChI is InChI=1S/C39H68O6/c1-3-5-7-9-11-13-15-17-19-21-23-25-27-30-36(41)31-29-33-38(42)44-35-37(34-40)45-39(43)32-28-26-24-22-20-18-16-14-12-10-8-6-4-2/h11,13,17,19,23,25,27,30,36-37,40-41H,3-10,12,14-16,18,20-22,24,26,28-29,31-35H2,1-2H3/b13-11-,19-17-,25-23-,30-27+/t36-,37+/m1/s1. The Hall–Kier alpha value is -2.18. The SMILES string of the molecule is CCCCC/C=C\C/C=C\C/C=C\C=C\[C@@H](O)CCCC(=O)OC[C@H](CO)OC(=O)CCCCCCCCCCCCCCC. The molecule has 6 heteroatoms. The lowest BCUT2D eigenvalue weighted by Crippen LogP contribution is -2.28. The van der Waals surface area contributed by atoms with Crippen molar-refractivity contribution in [1.82, 2.24) is 0 Å². The average molecular weight is 633 g/mol. The second-order valence-electron chi connectivity index (χ2n) is 12.2. The Bertz CT molecular complexity index is 784. The van der Waals surface area contributed by atoms with Crippen LogP contribution in [0.25, 0.3) is 0 Å². The van der Waals surface area contributed by atoms with Gasteiger partial charge in [0.05, 0.1) is 12.7 Å². The zero-order valence-electron chi connectivity index (χ0n) is 29.0. The Labute approximate surface area is 276 Å². The van der Waals surface area contributed by atoms with Gasteiger partial charge in [0.15, 0.2) is 6.10 Å². The molecule has 0 aliphatic carbocycles. The van der Waals surface area contributed by atoms with E-state index in [0.717, 1.165) is 38.5 Å². The molecule has 2 N–H and O–H groups in total. The highest BCUT2D eigenvalue weighted by Crippen LogP contribution is 2.13. The molecule has 0 heterocycles. The van der Waals surface area contributed by atoms with E-state index >= 15 is 0 Å². The maximum absolute atomic E-state index is 12.1. The number of hydrogen-bond acceptors (Lipinski definition) is 6. The van der Waals surface area contributed by atoms with E-state index in [4.69, 9.17) is 9.47 Å². The molecule has 0 aliphatic heterocycles. The fraction of sp³-hybridized carbons (Fsp3) is 0.744. The molecule has 45 heavy (non-hydrogen) atoms. The summed E-state index contributed by atoms with van der Waals surface area (Å²) in [6.45, 7) is 3.92. The summed E-state index contributed by atoms with van der Waals surface area (Å²) in [5.74, 6) is -0.793. The molecular formula is C39H68O6. The number of carbonyl (C=O) groups excluding carboxylic acids is 2. The van der Waals surface area contributed by atoms with Gasteiger partial charge in [-0.15, -0.1) is 0 Å². The van der Waals surface area contributed by atoms with Gasteiger partial charge in [-0.3, -0.25) is 9.59 Å². The van der Waals surface area contributed by atoms with Crippen LogP contribution in [0.3, 0.4) is 0 Å². The van der Waals surface area contributed by atoms with Crippen molar-refractivity contribution >= 4 is 11.9 Å². The number of aliphatic hydroxyl groups excluding tert-OH is 2. The van der Waals surface area contributed by atoms with Crippen LogP contribution in [0.5, 0.6) is 0 Å². The highest BCUT2D eigenvalue weighted by Gasteiger charge is 2.16. The summed E-state index contributed by atoms with van der Waals surface area (Å²) in [6, 6.07) is 0. The summed E-state index contributed by atoms with van der Waals surface area (Å²) >= 11 is 0. The van der Waals surface area contributed by atoms with Crippen LogP contribution in [0.15, 0.2) is 48.6 Å². The zero-order valence-corrected chi connectivity index (χ0v) is 29.0. The average Bonchev–Trinajstić information content (AvgIpc) is 3.03. The van der Waals surface area contributed by atoms with Gasteiger partial charge < -0.3 is 19.7 Å². The number of unbranched alkanes of at least 4 members (excludes halogenated alkanes) is 15. The van der Waals surface area contributed by atoms with Gasteiger partial charge >= 0.3 is 11.9 Å². The van der Waals surface area contributed by atoms with E-state index in [1.807, 2.05) is 18.2 Å². The van der Waals surface area contributed by atoms with E-state index in [1.165, 1.54) is 83.5 Å². The van der Waals surface area contributed by atoms with Gasteiger partial charge in [0, 0.05) is 12.8 Å². The maximum atomic E-state index is 12.1. The quantitative estimate of drug-likeness (QED) is 0.0332. The molecule has 0 unspecified atom stereocenters. The second kappa shape index (κ2) is 34.7. The first-order valence-electron chi connectivity index (χ1n) is 18.3. The van der Waals surface area contributed by atoms with Gasteiger partial charge in [-0.1, -0.05) is 152 Å². The smallest absolute Gasteiger partial charge is 0.306 e. The number of hydrogen-bond donors (Lipinski definition) is 2. The van der Waals surface area contributed by atoms with Crippen LogP contribution in [0.2, 0.25) is 0 Å². The van der Waals surface area contributed by atoms with E-state index in [2.05, 4.69) is 38.2 Å². The van der Waals surface area contributed by atoms with E-state index in [0.29, 0.717) is 19.3 Å². The molecule has 0 amide bonds. The van der Waals surface area contributed by atoms with Crippen molar-refractivity contribution in [2.24, 2.45) is 0 Å². The topological polar surface area (TPSA) is 93.1 Å². The van der Waals surface area contributed by atoms with Gasteiger partial charge in [0.1, 0.15) is 6.61 Å². The molecule has 0 bridgehead atoms. The number of aliphatic hydroxyl groups is 2. The lowest BCUT2D eigenvalue weighted by atomic mass is 10.0. The Balaban J connectivity index is 3.79. The third kappa shape index (κ3) is 33.0. The fourth-order valence-corrected chi connectivity index (χ4v) is 4.89. The second-order valence-corrected chi connectivity index (χ2v) is 12.2. The van der Waals surface area contributed by atoms with Crippen molar-refractivity contribution < 1.29 is 29.3 Å². The van der Waals surface area contributed by atoms with Crippen LogP contribution >= 0.6 is 0 Å². The number of carbonyl (C=O) groups is 2. The largest absolute Gasteiger partial charge is 0.462 e. The van der Waals surface area contributed by atoms with Crippen molar-refractivity contribution in [2.45, 2.75) is 174 Å². The molecule has 0 fully saturated rings. The predicted molar refractivity (Wildman–Crippen MR) is 188 cm³/mol. The van der Waals surface area contributed by atoms with Crippen molar-refractivity contribution in [3.63, 3.8) is 0 Å². The minimum absolute atomic E-state index is 0.156. The van der Waals surface area contributed by atoms with Gasteiger partial charge in [0.25, 0.3) is 0 Å². The molecule has 0 aromatic carbocycles. The van der Waals surface area contributed by atoms with E-state index in [-0.39, 0.29) is 25.6 Å². The van der Waals surface area contributed by atoms with Gasteiger partial charge in [0.2, 0.25) is 0 Å². The van der Waals surface area contributed by atoms with Crippen LogP contribution in [-0.4, -0.2) is 47.6 Å². The molecule has 0 radical (unpaired) electrons. The summed E-state index contributed by atoms with van der Waals surface area (Å²) in [5.41, 5.74) is 0. The van der Waals surface area contributed by atoms with Crippen LogP contribution in [0.1, 0.15) is 162 Å². The Morgan fingerprint density at radius 2 is 1.16 bits per heavy atom. The maximum Gasteiger partial charge on any atom is 0.306 e. The first kappa shape index (κ1) is 42.8. The van der Waals surface area contributed by atoms with Gasteiger partial charge in [-0.05, 0) is 44.9 Å². The molecule has 0 aromatic rings. The minimum atomic E-state index is -0.842. The van der Waals surface area contributed by atoms with Crippen molar-refractivity contribution in [1.29, 1.82) is 0 Å².